The van der Waals surface area contributed by atoms with E-state index in [4.69, 9.17) is 13.9 Å². The summed E-state index contributed by atoms with van der Waals surface area (Å²) in [4.78, 5) is 0. The first-order valence-corrected chi connectivity index (χ1v) is 9.05. The van der Waals surface area contributed by atoms with E-state index in [2.05, 4.69) is 15.9 Å². The average Bonchev–Trinajstić information content (AvgIpc) is 2.96. The van der Waals surface area contributed by atoms with Crippen LogP contribution in [0.4, 0.5) is 4.39 Å². The molecule has 1 saturated heterocycles. The van der Waals surface area contributed by atoms with Gasteiger partial charge in [0.25, 0.3) is 0 Å². The summed E-state index contributed by atoms with van der Waals surface area (Å²) in [5, 5.41) is 0. The Kier molecular flexibility index (Phi) is 4.40. The Balaban J connectivity index is 1.64. The molecule has 2 aromatic rings. The number of hydrogen-bond donors (Lipinski definition) is 0. The van der Waals surface area contributed by atoms with Crippen LogP contribution in [0.1, 0.15) is 36.5 Å². The van der Waals surface area contributed by atoms with Gasteiger partial charge in [-0.25, -0.2) is 4.39 Å². The Morgan fingerprint density at radius 1 is 1.12 bits per heavy atom. The van der Waals surface area contributed by atoms with Gasteiger partial charge in [0.05, 0.1) is 23.1 Å². The molecule has 0 amide bonds. The molecule has 1 aromatic heterocycles. The molecule has 5 heteroatoms. The summed E-state index contributed by atoms with van der Waals surface area (Å²) in [5.74, 6) is 0.876. The van der Waals surface area contributed by atoms with Gasteiger partial charge >= 0.3 is 0 Å². The molecular weight excluding hydrogens is 387 g/mol. The van der Waals surface area contributed by atoms with E-state index in [9.17, 15) is 4.39 Å². The Bertz CT molecular complexity index is 811. The lowest BCUT2D eigenvalue weighted by Crippen LogP contribution is -2.17. The molecule has 0 radical (unpaired) electrons. The largest absolute Gasteiger partial charge is 0.456 e. The van der Waals surface area contributed by atoms with Crippen molar-refractivity contribution in [1.82, 2.24) is 0 Å². The summed E-state index contributed by atoms with van der Waals surface area (Å²) < 4.78 is 31.4. The number of benzene rings is 1. The van der Waals surface area contributed by atoms with E-state index in [1.165, 1.54) is 6.07 Å². The molecule has 1 aromatic carbocycles. The van der Waals surface area contributed by atoms with E-state index >= 15 is 0 Å². The summed E-state index contributed by atoms with van der Waals surface area (Å²) in [6, 6.07) is 6.85. The molecule has 1 aliphatic heterocycles. The lowest BCUT2D eigenvalue weighted by Gasteiger charge is -2.23. The quantitative estimate of drug-likeness (QED) is 0.600. The third kappa shape index (κ3) is 3.50. The average molecular weight is 405 g/mol. The highest BCUT2D eigenvalue weighted by molar-refractivity contribution is 9.10. The summed E-state index contributed by atoms with van der Waals surface area (Å²) in [5.41, 5.74) is 2.04. The maximum Gasteiger partial charge on any atom is 0.183 e. The minimum absolute atomic E-state index is 0.207. The van der Waals surface area contributed by atoms with Gasteiger partial charge in [-0.15, -0.1) is 0 Å². The monoisotopic (exact) mass is 404 g/mol. The highest BCUT2D eigenvalue weighted by Crippen LogP contribution is 2.35. The molecule has 0 saturated carbocycles. The first-order chi connectivity index (χ1) is 12.0. The highest BCUT2D eigenvalue weighted by Gasteiger charge is 2.21. The minimum Gasteiger partial charge on any atom is -0.456 e. The zero-order valence-electron chi connectivity index (χ0n) is 13.8. The molecule has 4 rings (SSSR count). The van der Waals surface area contributed by atoms with E-state index in [1.54, 1.807) is 6.07 Å². The van der Waals surface area contributed by atoms with E-state index in [0.29, 0.717) is 30.1 Å². The zero-order valence-corrected chi connectivity index (χ0v) is 15.4. The second-order valence-corrected chi connectivity index (χ2v) is 8.12. The number of halogens is 2. The molecule has 1 unspecified atom stereocenters. The van der Waals surface area contributed by atoms with Crippen molar-refractivity contribution in [3.63, 3.8) is 0 Å². The fraction of sp³-hybridized carbons (Fsp3) is 0.300. The number of alkyl halides is 1. The van der Waals surface area contributed by atoms with Gasteiger partial charge in [-0.05, 0) is 37.6 Å². The number of rotatable bonds is 2. The van der Waals surface area contributed by atoms with Gasteiger partial charge in [-0.2, -0.15) is 0 Å². The summed E-state index contributed by atoms with van der Waals surface area (Å²) in [7, 11) is 0. The van der Waals surface area contributed by atoms with E-state index in [-0.39, 0.29) is 10.1 Å². The Morgan fingerprint density at radius 2 is 1.88 bits per heavy atom. The molecule has 1 aliphatic carbocycles. The van der Waals surface area contributed by atoms with Gasteiger partial charge in [0.2, 0.25) is 0 Å². The number of fused-ring (bicyclic) bond motifs is 1. The van der Waals surface area contributed by atoms with Crippen LogP contribution >= 0.6 is 15.9 Å². The van der Waals surface area contributed by atoms with Crippen molar-refractivity contribution in [2.45, 2.75) is 24.0 Å². The van der Waals surface area contributed by atoms with Crippen LogP contribution in [0.2, 0.25) is 0 Å². The van der Waals surface area contributed by atoms with Crippen molar-refractivity contribution >= 4 is 28.1 Å². The van der Waals surface area contributed by atoms with Crippen LogP contribution in [0.15, 0.2) is 40.8 Å². The summed E-state index contributed by atoms with van der Waals surface area (Å²) >= 11 is 3.61. The van der Waals surface area contributed by atoms with Crippen molar-refractivity contribution in [2.75, 3.05) is 13.2 Å². The lowest BCUT2D eigenvalue weighted by molar-refractivity contribution is -0.183. The smallest absolute Gasteiger partial charge is 0.183 e. The molecule has 2 heterocycles. The van der Waals surface area contributed by atoms with Crippen molar-refractivity contribution in [3.8, 4) is 11.3 Å². The Morgan fingerprint density at radius 3 is 2.64 bits per heavy atom. The predicted molar refractivity (Wildman–Crippen MR) is 98.8 cm³/mol. The van der Waals surface area contributed by atoms with E-state index in [0.717, 1.165) is 17.7 Å². The van der Waals surface area contributed by atoms with Crippen molar-refractivity contribution < 1.29 is 18.3 Å². The summed E-state index contributed by atoms with van der Waals surface area (Å²) in [6.45, 7) is 3.30. The summed E-state index contributed by atoms with van der Waals surface area (Å²) in [6.07, 6.45) is 8.29. The first-order valence-electron chi connectivity index (χ1n) is 8.26. The van der Waals surface area contributed by atoms with Gasteiger partial charge < -0.3 is 13.9 Å². The molecule has 1 atom stereocenters. The van der Waals surface area contributed by atoms with Crippen molar-refractivity contribution in [1.29, 1.82) is 0 Å². The number of allylic oxidation sites excluding steroid dienone is 2. The second-order valence-electron chi connectivity index (χ2n) is 6.41. The number of ether oxygens (including phenoxy) is 2. The van der Waals surface area contributed by atoms with E-state index < -0.39 is 6.29 Å². The number of hydrogen-bond acceptors (Lipinski definition) is 3. The molecule has 25 heavy (non-hydrogen) atoms. The van der Waals surface area contributed by atoms with Crippen LogP contribution < -0.4 is 0 Å². The SMILES string of the molecule is CC1(Br)C=Cc2cc(-c3ccc(C4OCCCO4)cc3F)oc2C=C1. The van der Waals surface area contributed by atoms with Crippen molar-refractivity contribution in [2.24, 2.45) is 0 Å². The fourth-order valence-corrected chi connectivity index (χ4v) is 3.18. The normalized spacial score (nSPS) is 23.5. The molecule has 1 fully saturated rings. The maximum atomic E-state index is 14.6. The van der Waals surface area contributed by atoms with Gasteiger partial charge in [0, 0.05) is 11.1 Å². The molecule has 0 N–H and O–H groups in total. The highest BCUT2D eigenvalue weighted by atomic mass is 79.9. The van der Waals surface area contributed by atoms with E-state index in [1.807, 2.05) is 43.4 Å². The van der Waals surface area contributed by atoms with Crippen LogP contribution in [0.3, 0.4) is 0 Å². The first kappa shape index (κ1) is 16.8. The molecule has 2 aliphatic rings. The molecule has 0 bridgehead atoms. The predicted octanol–water partition coefficient (Wildman–Crippen LogP) is 5.71. The third-order valence-electron chi connectivity index (χ3n) is 4.30. The van der Waals surface area contributed by atoms with Crippen molar-refractivity contribution in [3.05, 3.63) is 59.1 Å². The standard InChI is InChI=1S/C20H18BrFO3/c1-20(21)7-5-13-12-18(25-17(13)6-8-20)15-4-3-14(11-16(15)22)19-23-9-2-10-24-19/h3-8,11-12,19H,2,9-10H2,1H3. The van der Waals surface area contributed by atoms with Gasteiger partial charge in [-0.3, -0.25) is 0 Å². The van der Waals surface area contributed by atoms with Crippen LogP contribution in [-0.2, 0) is 9.47 Å². The molecular formula is C20H18BrFO3. The minimum atomic E-state index is -0.493. The third-order valence-corrected chi connectivity index (χ3v) is 4.83. The van der Waals surface area contributed by atoms with Gasteiger partial charge in [-0.1, -0.05) is 40.2 Å². The number of furan rings is 1. The lowest BCUT2D eigenvalue weighted by atomic mass is 10.1. The zero-order chi connectivity index (χ0) is 17.4. The molecule has 0 spiro atoms. The van der Waals surface area contributed by atoms with Gasteiger partial charge in [0.15, 0.2) is 6.29 Å². The Hall–Kier alpha value is -1.69. The maximum absolute atomic E-state index is 14.6. The molecule has 3 nitrogen and oxygen atoms in total. The fourth-order valence-electron chi connectivity index (χ4n) is 2.92. The van der Waals surface area contributed by atoms with Crippen LogP contribution in [0, 0.1) is 5.82 Å². The van der Waals surface area contributed by atoms with Crippen LogP contribution in [-0.4, -0.2) is 17.5 Å². The topological polar surface area (TPSA) is 31.6 Å². The molecule has 130 valence electrons. The van der Waals surface area contributed by atoms with Gasteiger partial charge in [0.1, 0.15) is 17.3 Å². The second kappa shape index (κ2) is 6.56. The Labute approximate surface area is 154 Å². The van der Waals surface area contributed by atoms with Crippen LogP contribution in [0.25, 0.3) is 23.5 Å². The van der Waals surface area contributed by atoms with Crippen LogP contribution in [0.5, 0.6) is 0 Å².